The van der Waals surface area contributed by atoms with Gasteiger partial charge in [-0.15, -0.1) is 0 Å². The Balaban J connectivity index is 2.62. The summed E-state index contributed by atoms with van der Waals surface area (Å²) in [7, 11) is -2.01. The van der Waals surface area contributed by atoms with E-state index in [0.717, 1.165) is 12.1 Å². The molecular formula is C18H27F2NO4Si. The van der Waals surface area contributed by atoms with Crippen LogP contribution >= 0.6 is 0 Å². The highest BCUT2D eigenvalue weighted by Crippen LogP contribution is 2.36. The zero-order valence-electron chi connectivity index (χ0n) is 15.9. The van der Waals surface area contributed by atoms with Gasteiger partial charge in [-0.2, -0.15) is 0 Å². The zero-order valence-corrected chi connectivity index (χ0v) is 16.9. The molecule has 0 saturated heterocycles. The normalized spacial score (nSPS) is 13.3. The summed E-state index contributed by atoms with van der Waals surface area (Å²) in [4.78, 5) is 23.4. The first kappa shape index (κ1) is 22.2. The molecule has 1 aromatic rings. The lowest BCUT2D eigenvalue weighted by Crippen LogP contribution is -2.45. The van der Waals surface area contributed by atoms with Crippen LogP contribution in [0.25, 0.3) is 0 Å². The average Bonchev–Trinajstić information content (AvgIpc) is 2.43. The van der Waals surface area contributed by atoms with Crippen LogP contribution < -0.4 is 5.32 Å². The smallest absolute Gasteiger partial charge is 0.326 e. The standard InChI is InChI=1S/C18H27F2NO4Si/c1-18(2,3)26(4,5)25-7-6-15(17(23)24)21-16(22)10-12-8-13(19)11-14(20)9-12/h8-9,11,15H,6-7,10H2,1-5H3,(H,21,22)(H,23,24)/t15-/m1/s1. The molecule has 1 amide bonds. The number of carboxylic acids is 1. The first-order valence-electron chi connectivity index (χ1n) is 8.43. The second-order valence-corrected chi connectivity index (χ2v) is 12.6. The van der Waals surface area contributed by atoms with Crippen molar-refractivity contribution in [3.8, 4) is 0 Å². The van der Waals surface area contributed by atoms with E-state index in [2.05, 4.69) is 39.2 Å². The van der Waals surface area contributed by atoms with E-state index in [-0.39, 0.29) is 30.1 Å². The average molecular weight is 387 g/mol. The highest BCUT2D eigenvalue weighted by molar-refractivity contribution is 6.74. The van der Waals surface area contributed by atoms with Crippen LogP contribution in [0.15, 0.2) is 18.2 Å². The Hall–Kier alpha value is -1.80. The third kappa shape index (κ3) is 6.84. The minimum atomic E-state index is -2.01. The van der Waals surface area contributed by atoms with Crippen LogP contribution in [0, 0.1) is 11.6 Å². The Morgan fingerprint density at radius 2 is 1.73 bits per heavy atom. The number of hydrogen-bond acceptors (Lipinski definition) is 3. The first-order valence-corrected chi connectivity index (χ1v) is 11.3. The lowest BCUT2D eigenvalue weighted by Gasteiger charge is -2.36. The van der Waals surface area contributed by atoms with E-state index in [9.17, 15) is 23.5 Å². The molecule has 1 aromatic carbocycles. The molecule has 0 unspecified atom stereocenters. The predicted molar refractivity (Wildman–Crippen MR) is 97.4 cm³/mol. The number of benzene rings is 1. The first-order chi connectivity index (χ1) is 11.8. The highest BCUT2D eigenvalue weighted by atomic mass is 28.4. The van der Waals surface area contributed by atoms with Crippen LogP contribution in [-0.2, 0) is 20.4 Å². The fraction of sp³-hybridized carbons (Fsp3) is 0.556. The van der Waals surface area contributed by atoms with Gasteiger partial charge in [0, 0.05) is 19.1 Å². The summed E-state index contributed by atoms with van der Waals surface area (Å²) in [6.45, 7) is 10.6. The summed E-state index contributed by atoms with van der Waals surface area (Å²) >= 11 is 0. The minimum Gasteiger partial charge on any atom is -0.480 e. The number of carbonyl (C=O) groups is 2. The molecule has 0 saturated carbocycles. The topological polar surface area (TPSA) is 75.6 Å². The molecule has 0 aliphatic rings. The zero-order chi connectivity index (χ0) is 20.1. The van der Waals surface area contributed by atoms with Crippen molar-refractivity contribution in [2.24, 2.45) is 0 Å². The molecule has 8 heteroatoms. The summed E-state index contributed by atoms with van der Waals surface area (Å²) in [6.07, 6.45) is -0.188. The van der Waals surface area contributed by atoms with Crippen LogP contribution in [0.5, 0.6) is 0 Å². The van der Waals surface area contributed by atoms with Crippen LogP contribution in [0.3, 0.4) is 0 Å². The van der Waals surface area contributed by atoms with Gasteiger partial charge in [-0.25, -0.2) is 13.6 Å². The monoisotopic (exact) mass is 387 g/mol. The third-order valence-electron chi connectivity index (χ3n) is 4.60. The van der Waals surface area contributed by atoms with Crippen molar-refractivity contribution >= 4 is 20.2 Å². The van der Waals surface area contributed by atoms with Crippen molar-refractivity contribution in [2.45, 2.75) is 57.8 Å². The third-order valence-corrected chi connectivity index (χ3v) is 9.13. The van der Waals surface area contributed by atoms with E-state index in [4.69, 9.17) is 4.43 Å². The van der Waals surface area contributed by atoms with Gasteiger partial charge in [0.05, 0.1) is 6.42 Å². The molecule has 2 N–H and O–H groups in total. The molecule has 1 rings (SSSR count). The number of carboxylic acid groups (broad SMARTS) is 1. The van der Waals surface area contributed by atoms with E-state index < -0.39 is 37.9 Å². The summed E-state index contributed by atoms with van der Waals surface area (Å²) < 4.78 is 32.3. The van der Waals surface area contributed by atoms with Gasteiger partial charge in [0.1, 0.15) is 17.7 Å². The Morgan fingerprint density at radius 3 is 2.19 bits per heavy atom. The van der Waals surface area contributed by atoms with Gasteiger partial charge in [0.2, 0.25) is 5.91 Å². The minimum absolute atomic E-state index is 0.00355. The number of aliphatic carboxylic acids is 1. The summed E-state index contributed by atoms with van der Waals surface area (Å²) in [5.41, 5.74) is 0.140. The van der Waals surface area contributed by atoms with Crippen molar-refractivity contribution in [2.75, 3.05) is 6.61 Å². The quantitative estimate of drug-likeness (QED) is 0.670. The molecule has 26 heavy (non-hydrogen) atoms. The number of nitrogens with one attached hydrogen (secondary N) is 1. The Kier molecular flexibility index (Phi) is 7.46. The van der Waals surface area contributed by atoms with E-state index >= 15 is 0 Å². The number of hydrogen-bond donors (Lipinski definition) is 2. The number of rotatable bonds is 8. The lowest BCUT2D eigenvalue weighted by molar-refractivity contribution is -0.142. The Bertz CT molecular complexity index is 639. The summed E-state index contributed by atoms with van der Waals surface area (Å²) in [6, 6.07) is 1.67. The van der Waals surface area contributed by atoms with Crippen molar-refractivity contribution in [1.29, 1.82) is 0 Å². The van der Waals surface area contributed by atoms with E-state index in [1.54, 1.807) is 0 Å². The number of carbonyl (C=O) groups excluding carboxylic acids is 1. The van der Waals surface area contributed by atoms with Crippen LogP contribution in [0.1, 0.15) is 32.8 Å². The molecule has 5 nitrogen and oxygen atoms in total. The van der Waals surface area contributed by atoms with Crippen molar-refractivity contribution < 1.29 is 27.9 Å². The summed E-state index contributed by atoms with van der Waals surface area (Å²) in [5.74, 6) is -3.37. The molecule has 0 spiro atoms. The van der Waals surface area contributed by atoms with E-state index in [1.807, 2.05) is 0 Å². The molecule has 0 heterocycles. The maximum absolute atomic E-state index is 13.2. The molecule has 0 aliphatic carbocycles. The van der Waals surface area contributed by atoms with Crippen molar-refractivity contribution in [1.82, 2.24) is 5.32 Å². The highest BCUT2D eigenvalue weighted by Gasteiger charge is 2.37. The van der Waals surface area contributed by atoms with Crippen LogP contribution in [-0.4, -0.2) is 37.9 Å². The molecule has 0 aliphatic heterocycles. The molecule has 0 radical (unpaired) electrons. The predicted octanol–water partition coefficient (Wildman–Crippen LogP) is 3.49. The molecule has 0 aromatic heterocycles. The van der Waals surface area contributed by atoms with Gasteiger partial charge in [-0.3, -0.25) is 4.79 Å². The fourth-order valence-corrected chi connectivity index (χ4v) is 3.11. The van der Waals surface area contributed by atoms with Crippen molar-refractivity contribution in [3.63, 3.8) is 0 Å². The molecule has 0 bridgehead atoms. The molecule has 1 atom stereocenters. The van der Waals surface area contributed by atoms with Crippen LogP contribution in [0.4, 0.5) is 8.78 Å². The Morgan fingerprint density at radius 1 is 1.19 bits per heavy atom. The largest absolute Gasteiger partial charge is 0.480 e. The van der Waals surface area contributed by atoms with Crippen LogP contribution in [0.2, 0.25) is 18.1 Å². The number of amides is 1. The number of halogens is 2. The van der Waals surface area contributed by atoms with Gasteiger partial charge in [0.25, 0.3) is 0 Å². The molecule has 146 valence electrons. The van der Waals surface area contributed by atoms with Gasteiger partial charge in [-0.05, 0) is 35.8 Å². The maximum atomic E-state index is 13.2. The summed E-state index contributed by atoms with van der Waals surface area (Å²) in [5, 5.41) is 11.7. The van der Waals surface area contributed by atoms with Gasteiger partial charge >= 0.3 is 5.97 Å². The van der Waals surface area contributed by atoms with Gasteiger partial charge in [0.15, 0.2) is 8.32 Å². The SMILES string of the molecule is CC(C)(C)[Si](C)(C)OCC[C@@H](NC(=O)Cc1cc(F)cc(F)c1)C(=O)O. The fourth-order valence-electron chi connectivity index (χ4n) is 2.05. The molecule has 0 fully saturated rings. The van der Waals surface area contributed by atoms with E-state index in [1.165, 1.54) is 0 Å². The van der Waals surface area contributed by atoms with Gasteiger partial charge < -0.3 is 14.8 Å². The maximum Gasteiger partial charge on any atom is 0.326 e. The second-order valence-electron chi connectivity index (χ2n) is 7.81. The molecular weight excluding hydrogens is 360 g/mol. The van der Waals surface area contributed by atoms with E-state index in [0.29, 0.717) is 6.07 Å². The second kappa shape index (κ2) is 8.72. The van der Waals surface area contributed by atoms with Crippen molar-refractivity contribution in [3.05, 3.63) is 35.4 Å². The van der Waals surface area contributed by atoms with Gasteiger partial charge in [-0.1, -0.05) is 20.8 Å². The Labute approximate surface area is 153 Å². The lowest BCUT2D eigenvalue weighted by atomic mass is 10.1.